The molecule has 26 heavy (non-hydrogen) atoms. The SMILES string of the molecule is CC(C)(C)OC(=O)Cn1c2c(c3cc4c(cc31)CCCC4)CCOC2=S. The molecule has 0 saturated carbocycles. The largest absolute Gasteiger partial charge is 0.481 e. The van der Waals surface area contributed by atoms with E-state index in [4.69, 9.17) is 21.7 Å². The van der Waals surface area contributed by atoms with Gasteiger partial charge in [-0.25, -0.2) is 0 Å². The van der Waals surface area contributed by atoms with Crippen molar-refractivity contribution in [2.45, 2.75) is 65.0 Å². The molecule has 1 aliphatic heterocycles. The number of carbonyl (C=O) groups is 1. The Bertz CT molecular complexity index is 904. The van der Waals surface area contributed by atoms with Gasteiger partial charge in [0, 0.05) is 17.3 Å². The first-order valence-corrected chi connectivity index (χ1v) is 9.80. The standard InChI is InChI=1S/C21H25NO3S/c1-21(2,3)25-18(23)12-22-17-11-14-7-5-4-6-13(14)10-16(17)15-8-9-24-20(26)19(15)22/h10-11H,4-9,12H2,1-3H3. The third-order valence-electron chi connectivity index (χ3n) is 5.12. The topological polar surface area (TPSA) is 40.5 Å². The third-order valence-corrected chi connectivity index (χ3v) is 5.43. The van der Waals surface area contributed by atoms with Crippen LogP contribution in [-0.4, -0.2) is 27.8 Å². The number of thiocarbonyl (C=S) groups is 1. The Kier molecular flexibility index (Phi) is 4.30. The van der Waals surface area contributed by atoms with Crippen LogP contribution < -0.4 is 0 Å². The van der Waals surface area contributed by atoms with Crippen molar-refractivity contribution in [3.63, 3.8) is 0 Å². The van der Waals surface area contributed by atoms with Crippen molar-refractivity contribution in [3.05, 3.63) is 34.5 Å². The second-order valence-electron chi connectivity index (χ2n) is 8.23. The minimum Gasteiger partial charge on any atom is -0.481 e. The van der Waals surface area contributed by atoms with Gasteiger partial charge in [-0.1, -0.05) is 0 Å². The molecule has 2 aromatic rings. The summed E-state index contributed by atoms with van der Waals surface area (Å²) in [5.41, 5.74) is 5.52. The fraction of sp³-hybridized carbons (Fsp3) is 0.524. The van der Waals surface area contributed by atoms with E-state index in [0.29, 0.717) is 11.7 Å². The van der Waals surface area contributed by atoms with Crippen molar-refractivity contribution in [3.8, 4) is 0 Å². The van der Waals surface area contributed by atoms with Crippen LogP contribution in [-0.2, 0) is 40.1 Å². The number of nitrogens with zero attached hydrogens (tertiary/aromatic N) is 1. The van der Waals surface area contributed by atoms with E-state index in [-0.39, 0.29) is 12.5 Å². The molecule has 2 aliphatic rings. The molecule has 0 fully saturated rings. The van der Waals surface area contributed by atoms with Gasteiger partial charge in [-0.3, -0.25) is 4.79 Å². The van der Waals surface area contributed by atoms with Gasteiger partial charge < -0.3 is 14.0 Å². The van der Waals surface area contributed by atoms with E-state index in [1.54, 1.807) is 0 Å². The molecule has 138 valence electrons. The average molecular weight is 372 g/mol. The van der Waals surface area contributed by atoms with E-state index in [9.17, 15) is 4.79 Å². The highest BCUT2D eigenvalue weighted by Gasteiger charge is 2.28. The second-order valence-corrected chi connectivity index (χ2v) is 8.60. The lowest BCUT2D eigenvalue weighted by Gasteiger charge is -2.21. The molecule has 0 unspecified atom stereocenters. The van der Waals surface area contributed by atoms with E-state index in [1.165, 1.54) is 34.9 Å². The molecular formula is C21H25NO3S. The molecule has 0 amide bonds. The van der Waals surface area contributed by atoms with Gasteiger partial charge in [0.15, 0.2) is 0 Å². The fourth-order valence-corrected chi connectivity index (χ4v) is 4.43. The molecule has 4 rings (SSSR count). The van der Waals surface area contributed by atoms with Gasteiger partial charge in [-0.05, 0) is 87.5 Å². The molecule has 0 radical (unpaired) electrons. The number of fused-ring (bicyclic) bond motifs is 4. The molecule has 0 N–H and O–H groups in total. The number of carbonyl (C=O) groups excluding carboxylic acids is 1. The molecule has 2 heterocycles. The molecule has 0 spiro atoms. The second kappa shape index (κ2) is 6.38. The number of benzene rings is 1. The molecule has 5 heteroatoms. The first-order valence-electron chi connectivity index (χ1n) is 9.39. The number of hydrogen-bond donors (Lipinski definition) is 0. The smallest absolute Gasteiger partial charge is 0.326 e. The van der Waals surface area contributed by atoms with Gasteiger partial charge >= 0.3 is 5.97 Å². The molecule has 4 nitrogen and oxygen atoms in total. The highest BCUT2D eigenvalue weighted by molar-refractivity contribution is 7.80. The maximum Gasteiger partial charge on any atom is 0.326 e. The van der Waals surface area contributed by atoms with Crippen LogP contribution >= 0.6 is 12.2 Å². The van der Waals surface area contributed by atoms with Crippen molar-refractivity contribution in [2.24, 2.45) is 0 Å². The predicted octanol–water partition coefficient (Wildman–Crippen LogP) is 4.11. The van der Waals surface area contributed by atoms with Crippen molar-refractivity contribution in [2.75, 3.05) is 6.61 Å². The zero-order valence-corrected chi connectivity index (χ0v) is 16.5. The Hall–Kier alpha value is -1.88. The summed E-state index contributed by atoms with van der Waals surface area (Å²) >= 11 is 5.49. The maximum atomic E-state index is 12.5. The monoisotopic (exact) mass is 371 g/mol. The zero-order valence-electron chi connectivity index (χ0n) is 15.7. The summed E-state index contributed by atoms with van der Waals surface area (Å²) in [5.74, 6) is -0.247. The number of aromatic nitrogens is 1. The summed E-state index contributed by atoms with van der Waals surface area (Å²) < 4.78 is 13.2. The first-order chi connectivity index (χ1) is 12.3. The molecule has 0 bridgehead atoms. The van der Waals surface area contributed by atoms with Gasteiger partial charge in [0.25, 0.3) is 0 Å². The summed E-state index contributed by atoms with van der Waals surface area (Å²) in [6, 6.07) is 4.58. The molecule has 1 aromatic heterocycles. The number of hydrogen-bond acceptors (Lipinski definition) is 4. The van der Waals surface area contributed by atoms with Crippen LogP contribution in [0.15, 0.2) is 12.1 Å². The Morgan fingerprint density at radius 3 is 2.58 bits per heavy atom. The zero-order chi connectivity index (χ0) is 18.5. The van der Waals surface area contributed by atoms with Crippen LogP contribution in [0.4, 0.5) is 0 Å². The highest BCUT2D eigenvalue weighted by Crippen LogP contribution is 2.35. The van der Waals surface area contributed by atoms with E-state index >= 15 is 0 Å². The van der Waals surface area contributed by atoms with E-state index in [0.717, 1.165) is 30.5 Å². The van der Waals surface area contributed by atoms with Gasteiger partial charge in [0.2, 0.25) is 5.05 Å². The summed E-state index contributed by atoms with van der Waals surface area (Å²) in [7, 11) is 0. The van der Waals surface area contributed by atoms with E-state index in [1.807, 2.05) is 25.3 Å². The summed E-state index contributed by atoms with van der Waals surface area (Å²) in [5, 5.41) is 1.71. The van der Waals surface area contributed by atoms with Crippen LogP contribution in [0, 0.1) is 0 Å². The van der Waals surface area contributed by atoms with Gasteiger partial charge in [0.05, 0.1) is 6.61 Å². The van der Waals surface area contributed by atoms with Crippen LogP contribution in [0.5, 0.6) is 0 Å². The van der Waals surface area contributed by atoms with Crippen molar-refractivity contribution in [1.29, 1.82) is 0 Å². The highest BCUT2D eigenvalue weighted by atomic mass is 32.1. The molecular weight excluding hydrogens is 346 g/mol. The Labute approximate surface area is 159 Å². The number of aryl methyl sites for hydroxylation is 2. The average Bonchev–Trinajstić information content (AvgIpc) is 2.86. The van der Waals surface area contributed by atoms with E-state index < -0.39 is 5.60 Å². The Morgan fingerprint density at radius 1 is 1.19 bits per heavy atom. The van der Waals surface area contributed by atoms with Gasteiger partial charge in [-0.2, -0.15) is 0 Å². The molecule has 0 atom stereocenters. The van der Waals surface area contributed by atoms with Crippen LogP contribution in [0.3, 0.4) is 0 Å². The molecule has 0 saturated heterocycles. The lowest BCUT2D eigenvalue weighted by molar-refractivity contribution is -0.155. The maximum absolute atomic E-state index is 12.5. The quantitative estimate of drug-likeness (QED) is 0.588. The lowest BCUT2D eigenvalue weighted by Crippen LogP contribution is -2.28. The minimum atomic E-state index is -0.504. The summed E-state index contributed by atoms with van der Waals surface area (Å²) in [4.78, 5) is 12.5. The van der Waals surface area contributed by atoms with Crippen molar-refractivity contribution >= 4 is 34.1 Å². The molecule has 1 aromatic carbocycles. The minimum absolute atomic E-state index is 0.158. The van der Waals surface area contributed by atoms with Crippen molar-refractivity contribution < 1.29 is 14.3 Å². The van der Waals surface area contributed by atoms with Crippen LogP contribution in [0.25, 0.3) is 10.9 Å². The predicted molar refractivity (Wildman–Crippen MR) is 106 cm³/mol. The summed E-state index contributed by atoms with van der Waals surface area (Å²) in [6.07, 6.45) is 5.55. The van der Waals surface area contributed by atoms with Crippen LogP contribution in [0.2, 0.25) is 0 Å². The Balaban J connectivity index is 1.85. The third kappa shape index (κ3) is 3.13. The number of ether oxygens (including phenoxy) is 2. The number of esters is 1. The van der Waals surface area contributed by atoms with Crippen molar-refractivity contribution in [1.82, 2.24) is 4.57 Å². The molecule has 1 aliphatic carbocycles. The van der Waals surface area contributed by atoms with E-state index in [2.05, 4.69) is 12.1 Å². The number of rotatable bonds is 2. The van der Waals surface area contributed by atoms with Gasteiger partial charge in [-0.15, -0.1) is 0 Å². The van der Waals surface area contributed by atoms with Gasteiger partial charge in [0.1, 0.15) is 17.8 Å². The first kappa shape index (κ1) is 17.5. The normalized spacial score (nSPS) is 16.8. The Morgan fingerprint density at radius 2 is 1.88 bits per heavy atom. The van der Waals surface area contributed by atoms with Crippen LogP contribution in [0.1, 0.15) is 56.0 Å². The lowest BCUT2D eigenvalue weighted by atomic mass is 9.90. The summed E-state index contributed by atoms with van der Waals surface area (Å²) in [6.45, 7) is 6.43. The fourth-order valence-electron chi connectivity index (χ4n) is 4.12.